The van der Waals surface area contributed by atoms with Crippen LogP contribution in [0.1, 0.15) is 93.9 Å². The molecule has 0 spiro atoms. The van der Waals surface area contributed by atoms with E-state index in [0.717, 1.165) is 0 Å². The minimum Gasteiger partial charge on any atom is -0.462 e. The number of aliphatic hydroxyl groups is 3. The van der Waals surface area contributed by atoms with E-state index in [0.29, 0.717) is 12.7 Å². The molecule has 338 valence electrons. The lowest BCUT2D eigenvalue weighted by Gasteiger charge is -2.50. The van der Waals surface area contributed by atoms with Crippen LogP contribution in [0.25, 0.3) is 0 Å². The van der Waals surface area contributed by atoms with Crippen molar-refractivity contribution in [2.45, 2.75) is 191 Å². The summed E-state index contributed by atoms with van der Waals surface area (Å²) in [6, 6.07) is -0.786. The molecule has 0 aromatic heterocycles. The van der Waals surface area contributed by atoms with Crippen molar-refractivity contribution in [1.29, 1.82) is 0 Å². The monoisotopic (exact) mass is 843 g/mol. The number of cyclic esters (lactones) is 1. The highest BCUT2D eigenvalue weighted by atomic mass is 16.7. The van der Waals surface area contributed by atoms with Crippen molar-refractivity contribution in [1.82, 2.24) is 4.90 Å². The molecule has 9 unspecified atom stereocenters. The van der Waals surface area contributed by atoms with Crippen LogP contribution in [0.2, 0.25) is 0 Å². The fourth-order valence-corrected chi connectivity index (χ4v) is 8.62. The van der Waals surface area contributed by atoms with E-state index in [1.165, 1.54) is 14.0 Å². The average molecular weight is 844 g/mol. The molecular formula is C42H69NO16. The molecule has 0 aromatic rings. The Labute approximate surface area is 348 Å². The number of aldehydes is 1. The van der Waals surface area contributed by atoms with Crippen molar-refractivity contribution in [2.75, 3.05) is 21.2 Å². The summed E-state index contributed by atoms with van der Waals surface area (Å²) in [4.78, 5) is 52.5. The number of rotatable bonds is 12. The second kappa shape index (κ2) is 21.5. The number of ether oxygens (including phenoxy) is 9. The van der Waals surface area contributed by atoms with Crippen molar-refractivity contribution >= 4 is 24.2 Å². The third-order valence-electron chi connectivity index (χ3n) is 11.6. The molecule has 4 rings (SSSR count). The fraction of sp³-hybridized carbons (Fsp3) is 0.857. The average Bonchev–Trinajstić information content (AvgIpc) is 3.85. The van der Waals surface area contributed by atoms with Gasteiger partial charge in [-0.15, -0.1) is 0 Å². The number of fused-ring (bicyclic) bond motifs is 1. The largest absolute Gasteiger partial charge is 0.462 e. The van der Waals surface area contributed by atoms with Crippen molar-refractivity contribution < 1.29 is 77.1 Å². The lowest BCUT2D eigenvalue weighted by atomic mass is 9.82. The number of likely N-dealkylation sites (N-methyl/N-ethyl adjacent to an activating group) is 1. The van der Waals surface area contributed by atoms with Gasteiger partial charge in [0.15, 0.2) is 18.7 Å². The highest BCUT2D eigenvalue weighted by Crippen LogP contribution is 2.38. The zero-order valence-corrected chi connectivity index (χ0v) is 36.5. The summed E-state index contributed by atoms with van der Waals surface area (Å²) in [7, 11) is 4.85. The molecule has 3 saturated heterocycles. The van der Waals surface area contributed by atoms with E-state index in [2.05, 4.69) is 0 Å². The second-order valence-corrected chi connectivity index (χ2v) is 17.7. The van der Waals surface area contributed by atoms with Crippen LogP contribution in [-0.4, -0.2) is 163 Å². The Bertz CT molecular complexity index is 1420. The van der Waals surface area contributed by atoms with Crippen molar-refractivity contribution in [2.24, 2.45) is 17.8 Å². The van der Waals surface area contributed by atoms with Crippen LogP contribution in [0.15, 0.2) is 12.2 Å². The number of epoxide rings is 1. The first-order valence-corrected chi connectivity index (χ1v) is 20.9. The molecule has 0 radical (unpaired) electrons. The van der Waals surface area contributed by atoms with Gasteiger partial charge in [-0.25, -0.2) is 0 Å². The maximum Gasteiger partial charge on any atom is 0.309 e. The van der Waals surface area contributed by atoms with Gasteiger partial charge in [0, 0.05) is 39.7 Å². The van der Waals surface area contributed by atoms with Gasteiger partial charge >= 0.3 is 17.9 Å². The number of hydrogen-bond acceptors (Lipinski definition) is 17. The predicted molar refractivity (Wildman–Crippen MR) is 209 cm³/mol. The normalized spacial score (nSPS) is 43.0. The molecule has 18 atom stereocenters. The fourth-order valence-electron chi connectivity index (χ4n) is 8.62. The lowest BCUT2D eigenvalue weighted by Crippen LogP contribution is -2.66. The summed E-state index contributed by atoms with van der Waals surface area (Å²) in [6.07, 6.45) is -8.10. The first-order chi connectivity index (χ1) is 27.6. The molecule has 4 heterocycles. The molecule has 3 N–H and O–H groups in total. The first kappa shape index (κ1) is 49.1. The summed E-state index contributed by atoms with van der Waals surface area (Å²) in [5.41, 5.74) is -1.50. The Morgan fingerprint density at radius 2 is 1.68 bits per heavy atom. The van der Waals surface area contributed by atoms with E-state index >= 15 is 0 Å². The van der Waals surface area contributed by atoms with Gasteiger partial charge in [0.1, 0.15) is 48.5 Å². The predicted octanol–water partition coefficient (Wildman–Crippen LogP) is 2.22. The van der Waals surface area contributed by atoms with Gasteiger partial charge in [-0.1, -0.05) is 32.9 Å². The zero-order chi connectivity index (χ0) is 43.9. The molecule has 59 heavy (non-hydrogen) atoms. The molecule has 0 amide bonds. The van der Waals surface area contributed by atoms with Gasteiger partial charge in [-0.05, 0) is 66.0 Å². The van der Waals surface area contributed by atoms with Crippen LogP contribution in [0.5, 0.6) is 0 Å². The number of carbonyl (C=O) groups excluding carboxylic acids is 4. The van der Waals surface area contributed by atoms with E-state index < -0.39 is 121 Å². The molecule has 0 aliphatic carbocycles. The summed E-state index contributed by atoms with van der Waals surface area (Å²) in [6.45, 7) is 13.5. The number of esters is 3. The number of nitrogens with zero attached hydrogens (tertiary/aromatic N) is 1. The third-order valence-corrected chi connectivity index (χ3v) is 11.6. The SMILES string of the molecule is COC1C(OC(C)=O)CC(=O)OC(C)CC2OC2/C=C/C(O)C(C)CC(CC=O)C1O[C@@H]1O[C@H](C)[C@@H](O[C@H]2C[C@@](C)(O)[C@@H](OC(=O)CC(C)C)[C@H](C)O2)[C@H](N(C)C)[C@H]1O. The molecule has 3 fully saturated rings. The van der Waals surface area contributed by atoms with Gasteiger partial charge in [-0.3, -0.25) is 14.4 Å². The van der Waals surface area contributed by atoms with Gasteiger partial charge in [-0.2, -0.15) is 0 Å². The number of carbonyl (C=O) groups is 4. The van der Waals surface area contributed by atoms with E-state index in [1.807, 2.05) is 20.8 Å². The van der Waals surface area contributed by atoms with Gasteiger partial charge in [0.25, 0.3) is 0 Å². The molecule has 17 nitrogen and oxygen atoms in total. The van der Waals surface area contributed by atoms with Crippen LogP contribution in [0.4, 0.5) is 0 Å². The molecule has 17 heteroatoms. The Morgan fingerprint density at radius 1 is 0.983 bits per heavy atom. The minimum absolute atomic E-state index is 0.0481. The lowest BCUT2D eigenvalue weighted by molar-refractivity contribution is -0.344. The smallest absolute Gasteiger partial charge is 0.309 e. The van der Waals surface area contributed by atoms with E-state index in [1.54, 1.807) is 58.8 Å². The number of methoxy groups -OCH3 is 1. The summed E-state index contributed by atoms with van der Waals surface area (Å²) < 4.78 is 54.4. The summed E-state index contributed by atoms with van der Waals surface area (Å²) >= 11 is 0. The van der Waals surface area contributed by atoms with Crippen LogP contribution < -0.4 is 0 Å². The maximum atomic E-state index is 13.3. The molecule has 0 aromatic carbocycles. The third kappa shape index (κ3) is 13.5. The summed E-state index contributed by atoms with van der Waals surface area (Å²) in [5, 5.41) is 34.8. The van der Waals surface area contributed by atoms with Crippen molar-refractivity contribution in [3.8, 4) is 0 Å². The molecule has 4 aliphatic rings. The molecule has 0 saturated carbocycles. The Hall–Kier alpha value is -2.58. The highest BCUT2D eigenvalue weighted by molar-refractivity contribution is 5.72. The number of aliphatic hydroxyl groups excluding tert-OH is 2. The van der Waals surface area contributed by atoms with E-state index in [4.69, 9.17) is 42.6 Å². The Balaban J connectivity index is 1.63. The molecule has 4 aliphatic heterocycles. The van der Waals surface area contributed by atoms with Crippen LogP contribution in [0, 0.1) is 17.8 Å². The topological polar surface area (TPSA) is 219 Å². The quantitative estimate of drug-likeness (QED) is 0.0844. The van der Waals surface area contributed by atoms with Crippen LogP contribution in [0.3, 0.4) is 0 Å². The first-order valence-electron chi connectivity index (χ1n) is 20.9. The van der Waals surface area contributed by atoms with Crippen molar-refractivity contribution in [3.63, 3.8) is 0 Å². The van der Waals surface area contributed by atoms with E-state index in [-0.39, 0.29) is 43.8 Å². The van der Waals surface area contributed by atoms with Gasteiger partial charge in [0.2, 0.25) is 0 Å². The second-order valence-electron chi connectivity index (χ2n) is 17.7. The van der Waals surface area contributed by atoms with Crippen LogP contribution in [-0.2, 0) is 61.8 Å². The van der Waals surface area contributed by atoms with E-state index in [9.17, 15) is 34.5 Å². The molecule has 0 bridgehead atoms. The van der Waals surface area contributed by atoms with Crippen LogP contribution >= 0.6 is 0 Å². The minimum atomic E-state index is -1.50. The zero-order valence-electron chi connectivity index (χ0n) is 36.5. The van der Waals surface area contributed by atoms with Crippen molar-refractivity contribution in [3.05, 3.63) is 12.2 Å². The number of hydrogen-bond donors (Lipinski definition) is 3. The summed E-state index contributed by atoms with van der Waals surface area (Å²) in [5.74, 6) is -2.85. The Morgan fingerprint density at radius 3 is 2.27 bits per heavy atom. The van der Waals surface area contributed by atoms with Gasteiger partial charge in [0.05, 0.1) is 43.0 Å². The standard InChI is InChI=1S/C42H69NO16/c1-21(2)16-32(47)57-40-25(6)53-34(20-42(40,8)50)58-37-24(5)54-41(36(49)35(37)43(9)10)59-38-27(14-15-44)17-22(3)28(46)12-13-29-30(56-29)18-23(4)52-33(48)19-31(39(38)51-11)55-26(7)45/h12-13,15,21-25,27-31,34-41,46,49-50H,14,16-20H2,1-11H3/b13-12+/t22?,23?,24-,25+,27?,28?,29?,30?,31?,34+,35-,36-,37-,38?,39?,40+,41+,42-/m1/s1. The highest BCUT2D eigenvalue weighted by Gasteiger charge is 2.53. The maximum absolute atomic E-state index is 13.3. The molecular weight excluding hydrogens is 774 g/mol. The van der Waals surface area contributed by atoms with Gasteiger partial charge < -0.3 is 67.6 Å². The Kier molecular flexibility index (Phi) is 17.9.